The fourth-order valence-corrected chi connectivity index (χ4v) is 2.29. The molecule has 4 heteroatoms. The van der Waals surface area contributed by atoms with Crippen molar-refractivity contribution in [3.63, 3.8) is 0 Å². The van der Waals surface area contributed by atoms with Crippen LogP contribution in [-0.4, -0.2) is 43.5 Å². The van der Waals surface area contributed by atoms with Crippen LogP contribution in [-0.2, 0) is 11.3 Å². The summed E-state index contributed by atoms with van der Waals surface area (Å²) in [6.07, 6.45) is 0.589. The van der Waals surface area contributed by atoms with Gasteiger partial charge >= 0.3 is 0 Å². The van der Waals surface area contributed by atoms with E-state index in [2.05, 4.69) is 34.6 Å². The standard InChI is InChI=1S/C15H23N3O/c1-13-4-2-3-5-14(13)12-17-15(19)6-9-18-10-7-16-8-11-18/h2-5,16H,6-12H2,1H3,(H,17,19). The van der Waals surface area contributed by atoms with E-state index in [0.717, 1.165) is 32.7 Å². The van der Waals surface area contributed by atoms with Crippen molar-refractivity contribution in [2.75, 3.05) is 32.7 Å². The molecule has 0 atom stereocenters. The molecule has 0 aromatic heterocycles. The average Bonchev–Trinajstić information content (AvgIpc) is 2.45. The molecular weight excluding hydrogens is 238 g/mol. The van der Waals surface area contributed by atoms with Gasteiger partial charge in [0.1, 0.15) is 0 Å². The molecule has 1 aliphatic rings. The van der Waals surface area contributed by atoms with Crippen LogP contribution >= 0.6 is 0 Å². The zero-order chi connectivity index (χ0) is 13.5. The van der Waals surface area contributed by atoms with E-state index in [1.165, 1.54) is 11.1 Å². The zero-order valence-electron chi connectivity index (χ0n) is 11.6. The number of nitrogens with one attached hydrogen (secondary N) is 2. The Morgan fingerprint density at radius 3 is 2.79 bits per heavy atom. The van der Waals surface area contributed by atoms with Crippen LogP contribution in [0.1, 0.15) is 17.5 Å². The summed E-state index contributed by atoms with van der Waals surface area (Å²) in [5.74, 6) is 0.141. The highest BCUT2D eigenvalue weighted by Crippen LogP contribution is 2.06. The third-order valence-corrected chi connectivity index (χ3v) is 3.60. The van der Waals surface area contributed by atoms with Gasteiger partial charge in [-0.3, -0.25) is 4.79 Å². The van der Waals surface area contributed by atoms with Crippen molar-refractivity contribution in [1.82, 2.24) is 15.5 Å². The number of carbonyl (C=O) groups is 1. The Morgan fingerprint density at radius 1 is 1.32 bits per heavy atom. The first-order chi connectivity index (χ1) is 9.25. The second kappa shape index (κ2) is 7.26. The molecule has 0 aliphatic carbocycles. The normalized spacial score (nSPS) is 16.3. The predicted molar refractivity (Wildman–Crippen MR) is 77.0 cm³/mol. The van der Waals surface area contributed by atoms with Gasteiger partial charge in [-0.1, -0.05) is 24.3 Å². The molecule has 1 saturated heterocycles. The van der Waals surface area contributed by atoms with Crippen LogP contribution in [0, 0.1) is 6.92 Å². The first-order valence-electron chi connectivity index (χ1n) is 7.00. The minimum Gasteiger partial charge on any atom is -0.352 e. The SMILES string of the molecule is Cc1ccccc1CNC(=O)CCN1CCNCC1. The van der Waals surface area contributed by atoms with Gasteiger partial charge in [0.25, 0.3) is 0 Å². The maximum atomic E-state index is 11.8. The molecular formula is C15H23N3O. The molecule has 2 rings (SSSR count). The third-order valence-electron chi connectivity index (χ3n) is 3.60. The summed E-state index contributed by atoms with van der Waals surface area (Å²) >= 11 is 0. The minimum atomic E-state index is 0.141. The molecule has 1 aromatic carbocycles. The zero-order valence-corrected chi connectivity index (χ0v) is 11.6. The molecule has 2 N–H and O–H groups in total. The number of hydrogen-bond donors (Lipinski definition) is 2. The van der Waals surface area contributed by atoms with Crippen LogP contribution in [0.25, 0.3) is 0 Å². The lowest BCUT2D eigenvalue weighted by molar-refractivity contribution is -0.121. The lowest BCUT2D eigenvalue weighted by atomic mass is 10.1. The predicted octanol–water partition coefficient (Wildman–Crippen LogP) is 0.907. The molecule has 1 amide bonds. The van der Waals surface area contributed by atoms with E-state index in [1.807, 2.05) is 12.1 Å². The Balaban J connectivity index is 1.68. The van der Waals surface area contributed by atoms with Gasteiger partial charge in [-0.25, -0.2) is 0 Å². The average molecular weight is 261 g/mol. The van der Waals surface area contributed by atoms with Crippen LogP contribution < -0.4 is 10.6 Å². The Hall–Kier alpha value is -1.39. The van der Waals surface area contributed by atoms with Gasteiger partial charge in [0.15, 0.2) is 0 Å². The Labute approximate surface area is 115 Å². The summed E-state index contributed by atoms with van der Waals surface area (Å²) < 4.78 is 0. The van der Waals surface area contributed by atoms with E-state index in [9.17, 15) is 4.79 Å². The summed E-state index contributed by atoms with van der Waals surface area (Å²) in [4.78, 5) is 14.2. The van der Waals surface area contributed by atoms with Crippen LogP contribution in [0.4, 0.5) is 0 Å². The molecule has 0 unspecified atom stereocenters. The van der Waals surface area contributed by atoms with Gasteiger partial charge in [0.05, 0.1) is 0 Å². The topological polar surface area (TPSA) is 44.4 Å². The summed E-state index contributed by atoms with van der Waals surface area (Å²) in [5.41, 5.74) is 2.42. The molecule has 1 fully saturated rings. The monoisotopic (exact) mass is 261 g/mol. The van der Waals surface area contributed by atoms with Gasteiger partial charge in [0.2, 0.25) is 5.91 Å². The van der Waals surface area contributed by atoms with Crippen molar-refractivity contribution in [1.29, 1.82) is 0 Å². The van der Waals surface area contributed by atoms with Gasteiger partial charge in [0, 0.05) is 45.7 Å². The van der Waals surface area contributed by atoms with E-state index in [4.69, 9.17) is 0 Å². The van der Waals surface area contributed by atoms with Gasteiger partial charge in [-0.05, 0) is 18.1 Å². The summed E-state index contributed by atoms with van der Waals surface area (Å²) in [6.45, 7) is 7.72. The first kappa shape index (κ1) is 14.0. The molecule has 1 aliphatic heterocycles. The van der Waals surface area contributed by atoms with Crippen molar-refractivity contribution in [3.8, 4) is 0 Å². The van der Waals surface area contributed by atoms with E-state index in [1.54, 1.807) is 0 Å². The number of piperazine rings is 1. The Kier molecular flexibility index (Phi) is 5.36. The number of rotatable bonds is 5. The number of nitrogens with zero attached hydrogens (tertiary/aromatic N) is 1. The minimum absolute atomic E-state index is 0.141. The summed E-state index contributed by atoms with van der Waals surface area (Å²) in [6, 6.07) is 8.16. The molecule has 0 saturated carbocycles. The largest absolute Gasteiger partial charge is 0.352 e. The van der Waals surface area contributed by atoms with Gasteiger partial charge < -0.3 is 15.5 Å². The van der Waals surface area contributed by atoms with E-state index in [-0.39, 0.29) is 5.91 Å². The molecule has 19 heavy (non-hydrogen) atoms. The van der Waals surface area contributed by atoms with Crippen LogP contribution in [0.2, 0.25) is 0 Å². The highest BCUT2D eigenvalue weighted by molar-refractivity contribution is 5.76. The number of amides is 1. The second-order valence-corrected chi connectivity index (χ2v) is 5.04. The quantitative estimate of drug-likeness (QED) is 0.828. The highest BCUT2D eigenvalue weighted by atomic mass is 16.1. The van der Waals surface area contributed by atoms with E-state index in [0.29, 0.717) is 13.0 Å². The lowest BCUT2D eigenvalue weighted by Crippen LogP contribution is -2.44. The number of hydrogen-bond acceptors (Lipinski definition) is 3. The molecule has 0 radical (unpaired) electrons. The van der Waals surface area contributed by atoms with E-state index >= 15 is 0 Å². The highest BCUT2D eigenvalue weighted by Gasteiger charge is 2.11. The van der Waals surface area contributed by atoms with Crippen molar-refractivity contribution in [2.45, 2.75) is 19.9 Å². The van der Waals surface area contributed by atoms with Crippen LogP contribution in [0.15, 0.2) is 24.3 Å². The number of benzene rings is 1. The Morgan fingerprint density at radius 2 is 2.05 bits per heavy atom. The molecule has 0 spiro atoms. The van der Waals surface area contributed by atoms with Crippen molar-refractivity contribution < 1.29 is 4.79 Å². The molecule has 1 aromatic rings. The number of aryl methyl sites for hydroxylation is 1. The fraction of sp³-hybridized carbons (Fsp3) is 0.533. The maximum absolute atomic E-state index is 11.8. The maximum Gasteiger partial charge on any atom is 0.221 e. The van der Waals surface area contributed by atoms with Gasteiger partial charge in [-0.15, -0.1) is 0 Å². The summed E-state index contributed by atoms with van der Waals surface area (Å²) in [5, 5.41) is 6.31. The number of carbonyl (C=O) groups excluding carboxylic acids is 1. The van der Waals surface area contributed by atoms with Crippen molar-refractivity contribution in [3.05, 3.63) is 35.4 Å². The van der Waals surface area contributed by atoms with E-state index < -0.39 is 0 Å². The van der Waals surface area contributed by atoms with Crippen molar-refractivity contribution >= 4 is 5.91 Å². The smallest absolute Gasteiger partial charge is 0.221 e. The molecule has 104 valence electrons. The molecule has 0 bridgehead atoms. The summed E-state index contributed by atoms with van der Waals surface area (Å²) in [7, 11) is 0. The second-order valence-electron chi connectivity index (χ2n) is 5.04. The van der Waals surface area contributed by atoms with Crippen LogP contribution in [0.5, 0.6) is 0 Å². The Bertz CT molecular complexity index is 414. The fourth-order valence-electron chi connectivity index (χ4n) is 2.29. The molecule has 4 nitrogen and oxygen atoms in total. The van der Waals surface area contributed by atoms with Gasteiger partial charge in [-0.2, -0.15) is 0 Å². The van der Waals surface area contributed by atoms with Crippen LogP contribution in [0.3, 0.4) is 0 Å². The van der Waals surface area contributed by atoms with Crippen molar-refractivity contribution in [2.24, 2.45) is 0 Å². The third kappa shape index (κ3) is 4.65. The lowest BCUT2D eigenvalue weighted by Gasteiger charge is -2.26. The first-order valence-corrected chi connectivity index (χ1v) is 7.00. The molecule has 1 heterocycles.